The molecule has 0 bridgehead atoms. The van der Waals surface area contributed by atoms with Crippen molar-refractivity contribution in [3.05, 3.63) is 24.3 Å². The highest BCUT2D eigenvalue weighted by atomic mass is 16.5. The SMILES string of the molecule is CCCCCC/C=C\C/C=C\CCCCCCCC(=O)OCCCCCCCCCCCCCCCCCCCCCC(=O)NC(CO)C(O)CCCCCCCCCCCCC. The Hall–Kier alpha value is -1.66. The zero-order chi connectivity index (χ0) is 45.8. The summed E-state index contributed by atoms with van der Waals surface area (Å²) in [4.78, 5) is 24.5. The fraction of sp³-hybridized carbons (Fsp3) is 0.895. The van der Waals surface area contributed by atoms with E-state index >= 15 is 0 Å². The van der Waals surface area contributed by atoms with Crippen molar-refractivity contribution in [2.75, 3.05) is 13.2 Å². The predicted octanol–water partition coefficient (Wildman–Crippen LogP) is 17.1. The number of hydrogen-bond acceptors (Lipinski definition) is 5. The smallest absolute Gasteiger partial charge is 0.305 e. The lowest BCUT2D eigenvalue weighted by molar-refractivity contribution is -0.143. The van der Waals surface area contributed by atoms with Crippen LogP contribution in [0.3, 0.4) is 0 Å². The van der Waals surface area contributed by atoms with Gasteiger partial charge < -0.3 is 20.3 Å². The summed E-state index contributed by atoms with van der Waals surface area (Å²) in [5.74, 6) is -0.0432. The minimum atomic E-state index is -0.665. The summed E-state index contributed by atoms with van der Waals surface area (Å²) in [6.45, 7) is 4.92. The molecule has 0 saturated carbocycles. The first-order valence-electron chi connectivity index (χ1n) is 28.1. The van der Waals surface area contributed by atoms with Crippen LogP contribution >= 0.6 is 0 Å². The Bertz CT molecular complexity index is 982. The third-order valence-electron chi connectivity index (χ3n) is 13.0. The van der Waals surface area contributed by atoms with Gasteiger partial charge in [-0.3, -0.25) is 9.59 Å². The maximum atomic E-state index is 12.4. The Morgan fingerprint density at radius 1 is 0.444 bits per heavy atom. The number of nitrogens with one attached hydrogen (secondary N) is 1. The van der Waals surface area contributed by atoms with Crippen LogP contribution in [-0.4, -0.2) is 47.4 Å². The molecule has 0 aromatic rings. The van der Waals surface area contributed by atoms with Crippen molar-refractivity contribution in [1.82, 2.24) is 5.32 Å². The van der Waals surface area contributed by atoms with E-state index < -0.39 is 12.1 Å². The van der Waals surface area contributed by atoms with Crippen LogP contribution in [0.25, 0.3) is 0 Å². The van der Waals surface area contributed by atoms with Gasteiger partial charge in [-0.1, -0.05) is 256 Å². The van der Waals surface area contributed by atoms with Gasteiger partial charge >= 0.3 is 5.97 Å². The molecule has 0 aromatic heterocycles. The molecule has 0 aliphatic carbocycles. The molecule has 2 atom stereocenters. The van der Waals surface area contributed by atoms with Gasteiger partial charge in [0.2, 0.25) is 5.91 Å². The van der Waals surface area contributed by atoms with E-state index in [0.717, 1.165) is 51.4 Å². The maximum absolute atomic E-state index is 12.4. The molecule has 6 nitrogen and oxygen atoms in total. The number of unbranched alkanes of at least 4 members (excludes halogenated alkanes) is 37. The molecule has 0 heterocycles. The van der Waals surface area contributed by atoms with Gasteiger partial charge in [-0.15, -0.1) is 0 Å². The van der Waals surface area contributed by atoms with E-state index in [0.29, 0.717) is 25.9 Å². The van der Waals surface area contributed by atoms with Crippen LogP contribution in [0.15, 0.2) is 24.3 Å². The first kappa shape index (κ1) is 61.3. The lowest BCUT2D eigenvalue weighted by atomic mass is 10.0. The number of rotatable bonds is 52. The highest BCUT2D eigenvalue weighted by Crippen LogP contribution is 2.17. The van der Waals surface area contributed by atoms with Crippen LogP contribution in [0, 0.1) is 0 Å². The molecule has 0 spiro atoms. The monoisotopic (exact) mass is 888 g/mol. The highest BCUT2D eigenvalue weighted by molar-refractivity contribution is 5.76. The first-order valence-corrected chi connectivity index (χ1v) is 28.1. The van der Waals surface area contributed by atoms with Crippen molar-refractivity contribution in [2.24, 2.45) is 0 Å². The Balaban J connectivity index is 3.39. The molecule has 0 aliphatic rings. The molecular formula is C57H109NO5. The molecule has 0 aromatic carbocycles. The van der Waals surface area contributed by atoms with Crippen LogP contribution in [0.1, 0.15) is 303 Å². The third-order valence-corrected chi connectivity index (χ3v) is 13.0. The molecule has 0 aliphatic heterocycles. The maximum Gasteiger partial charge on any atom is 0.305 e. The van der Waals surface area contributed by atoms with E-state index in [-0.39, 0.29) is 18.5 Å². The fourth-order valence-corrected chi connectivity index (χ4v) is 8.67. The van der Waals surface area contributed by atoms with E-state index in [1.807, 2.05) is 0 Å². The van der Waals surface area contributed by atoms with Crippen molar-refractivity contribution in [3.8, 4) is 0 Å². The molecule has 2 unspecified atom stereocenters. The molecule has 3 N–H and O–H groups in total. The summed E-state index contributed by atoms with van der Waals surface area (Å²) in [6, 6.07) is -0.542. The summed E-state index contributed by atoms with van der Waals surface area (Å²) in [5.41, 5.74) is 0. The van der Waals surface area contributed by atoms with Crippen molar-refractivity contribution in [2.45, 2.75) is 315 Å². The summed E-state index contributed by atoms with van der Waals surface area (Å²) in [6.07, 6.45) is 63.1. The number of aliphatic hydroxyl groups excluding tert-OH is 2. The van der Waals surface area contributed by atoms with Gasteiger partial charge in [-0.05, 0) is 57.8 Å². The summed E-state index contributed by atoms with van der Waals surface area (Å²) in [7, 11) is 0. The van der Waals surface area contributed by atoms with Gasteiger partial charge in [0.1, 0.15) is 0 Å². The second-order valence-corrected chi connectivity index (χ2v) is 19.3. The van der Waals surface area contributed by atoms with E-state index in [9.17, 15) is 19.8 Å². The standard InChI is InChI=1S/C57H109NO5/c1-3-5-7-9-11-13-15-16-17-24-27-31-35-39-43-47-51-57(62)63-52-48-44-40-36-32-28-25-22-20-18-19-21-23-26-30-34-38-42-46-50-56(61)58-54(53-59)55(60)49-45-41-37-33-29-14-12-10-8-6-4-2/h13,15,17,24,54-55,59-60H,3-12,14,16,18-23,25-53H2,1-2H3,(H,58,61)/b15-13-,24-17-. The van der Waals surface area contributed by atoms with Crippen LogP contribution in [-0.2, 0) is 14.3 Å². The van der Waals surface area contributed by atoms with Crippen molar-refractivity contribution < 1.29 is 24.5 Å². The van der Waals surface area contributed by atoms with Crippen LogP contribution in [0.2, 0.25) is 0 Å². The normalized spacial score (nSPS) is 12.8. The average molecular weight is 889 g/mol. The van der Waals surface area contributed by atoms with Crippen molar-refractivity contribution in [3.63, 3.8) is 0 Å². The quantitative estimate of drug-likeness (QED) is 0.0321. The lowest BCUT2D eigenvalue weighted by Gasteiger charge is -2.22. The molecular weight excluding hydrogens is 779 g/mol. The number of allylic oxidation sites excluding steroid dienone is 4. The fourth-order valence-electron chi connectivity index (χ4n) is 8.67. The largest absolute Gasteiger partial charge is 0.466 e. The zero-order valence-electron chi connectivity index (χ0n) is 42.3. The molecule has 0 saturated heterocycles. The third kappa shape index (κ3) is 49.6. The second kappa shape index (κ2) is 53.0. The predicted molar refractivity (Wildman–Crippen MR) is 273 cm³/mol. The summed E-state index contributed by atoms with van der Waals surface area (Å²) >= 11 is 0. The minimum absolute atomic E-state index is 0.00442. The number of hydrogen-bond donors (Lipinski definition) is 3. The molecule has 0 fully saturated rings. The highest BCUT2D eigenvalue weighted by Gasteiger charge is 2.20. The summed E-state index contributed by atoms with van der Waals surface area (Å²) in [5, 5.41) is 23.2. The van der Waals surface area contributed by atoms with Gasteiger partial charge in [0.25, 0.3) is 0 Å². The van der Waals surface area contributed by atoms with E-state index in [4.69, 9.17) is 4.74 Å². The number of ether oxygens (including phenoxy) is 1. The van der Waals surface area contributed by atoms with Gasteiger partial charge in [0.05, 0.1) is 25.4 Å². The van der Waals surface area contributed by atoms with Crippen LogP contribution < -0.4 is 5.32 Å². The van der Waals surface area contributed by atoms with Gasteiger partial charge in [0, 0.05) is 12.8 Å². The van der Waals surface area contributed by atoms with Crippen molar-refractivity contribution >= 4 is 11.9 Å². The Labute approximate surface area is 392 Å². The second-order valence-electron chi connectivity index (χ2n) is 19.3. The molecule has 6 heteroatoms. The van der Waals surface area contributed by atoms with Crippen molar-refractivity contribution in [1.29, 1.82) is 0 Å². The van der Waals surface area contributed by atoms with Gasteiger partial charge in [0.15, 0.2) is 0 Å². The van der Waals surface area contributed by atoms with Crippen LogP contribution in [0.4, 0.5) is 0 Å². The number of aliphatic hydroxyl groups is 2. The molecule has 1 amide bonds. The Morgan fingerprint density at radius 3 is 1.22 bits per heavy atom. The zero-order valence-corrected chi connectivity index (χ0v) is 42.3. The molecule has 0 radical (unpaired) electrons. The van der Waals surface area contributed by atoms with E-state index in [2.05, 4.69) is 43.5 Å². The molecule has 372 valence electrons. The first-order chi connectivity index (χ1) is 31.0. The van der Waals surface area contributed by atoms with Gasteiger partial charge in [-0.2, -0.15) is 0 Å². The molecule has 63 heavy (non-hydrogen) atoms. The number of amides is 1. The topological polar surface area (TPSA) is 95.9 Å². The Kier molecular flexibility index (Phi) is 51.6. The van der Waals surface area contributed by atoms with Crippen LogP contribution in [0.5, 0.6) is 0 Å². The number of carbonyl (C=O) groups is 2. The minimum Gasteiger partial charge on any atom is -0.466 e. The van der Waals surface area contributed by atoms with Gasteiger partial charge in [-0.25, -0.2) is 0 Å². The number of carbonyl (C=O) groups excluding carboxylic acids is 2. The van der Waals surface area contributed by atoms with E-state index in [1.54, 1.807) is 0 Å². The number of esters is 1. The molecule has 0 rings (SSSR count). The Morgan fingerprint density at radius 2 is 0.794 bits per heavy atom. The van der Waals surface area contributed by atoms with E-state index in [1.165, 1.54) is 218 Å². The lowest BCUT2D eigenvalue weighted by Crippen LogP contribution is -2.45. The average Bonchev–Trinajstić information content (AvgIpc) is 3.28. The summed E-state index contributed by atoms with van der Waals surface area (Å²) < 4.78 is 5.47.